The van der Waals surface area contributed by atoms with Crippen molar-refractivity contribution in [2.24, 2.45) is 0 Å². The predicted molar refractivity (Wildman–Crippen MR) is 99.7 cm³/mol. The fourth-order valence-electron chi connectivity index (χ4n) is 3.05. The molecule has 1 aromatic carbocycles. The highest BCUT2D eigenvalue weighted by Crippen LogP contribution is 2.26. The van der Waals surface area contributed by atoms with Gasteiger partial charge in [0.2, 0.25) is 5.43 Å². The van der Waals surface area contributed by atoms with Crippen LogP contribution in [0, 0.1) is 0 Å². The number of hydrogen-bond acceptors (Lipinski definition) is 5. The molecule has 0 saturated heterocycles. The molecule has 4 rings (SSSR count). The Morgan fingerprint density at radius 1 is 1.27 bits per heavy atom. The van der Waals surface area contributed by atoms with Crippen molar-refractivity contribution in [1.82, 2.24) is 14.5 Å². The Bertz CT molecular complexity index is 1050. The van der Waals surface area contributed by atoms with Gasteiger partial charge in [0.15, 0.2) is 11.4 Å². The van der Waals surface area contributed by atoms with Crippen molar-refractivity contribution in [2.45, 2.75) is 13.1 Å². The predicted octanol–water partition coefficient (Wildman–Crippen LogP) is 2.99. The Hall–Kier alpha value is -2.64. The minimum absolute atomic E-state index is 0.0172. The lowest BCUT2D eigenvalue weighted by Gasteiger charge is -2.30. The maximum atomic E-state index is 12.8. The van der Waals surface area contributed by atoms with E-state index in [0.717, 1.165) is 5.56 Å². The van der Waals surface area contributed by atoms with E-state index in [4.69, 9.17) is 11.6 Å². The number of aromatic hydroxyl groups is 1. The molecule has 1 aliphatic rings. The minimum atomic E-state index is -0.579. The van der Waals surface area contributed by atoms with E-state index in [-0.39, 0.29) is 11.6 Å². The van der Waals surface area contributed by atoms with Crippen molar-refractivity contribution in [3.8, 4) is 16.3 Å². The first-order valence-electron chi connectivity index (χ1n) is 7.94. The highest BCUT2D eigenvalue weighted by molar-refractivity contribution is 7.13. The van der Waals surface area contributed by atoms with Crippen molar-refractivity contribution in [3.63, 3.8) is 0 Å². The molecular formula is C18H14ClN3O3S. The van der Waals surface area contributed by atoms with Crippen LogP contribution in [0.15, 0.2) is 46.8 Å². The molecule has 1 N–H and O–H groups in total. The van der Waals surface area contributed by atoms with E-state index in [1.165, 1.54) is 11.3 Å². The fraction of sp³-hybridized carbons (Fsp3) is 0.167. The number of fused-ring (bicyclic) bond motifs is 1. The third kappa shape index (κ3) is 2.89. The number of thiazole rings is 1. The molecule has 3 aromatic rings. The van der Waals surface area contributed by atoms with E-state index >= 15 is 0 Å². The molecule has 0 fully saturated rings. The molecule has 8 heteroatoms. The number of amides is 1. The lowest BCUT2D eigenvalue weighted by molar-refractivity contribution is 0.0683. The third-order valence-corrected chi connectivity index (χ3v) is 5.32. The molecule has 3 heterocycles. The van der Waals surface area contributed by atoms with Gasteiger partial charge in [-0.25, -0.2) is 4.98 Å². The SMILES string of the molecule is O=C1c2c(O)c(=O)c(-c3nccs3)cn2CCN1Cc1cccc(Cl)c1. The number of pyridine rings is 1. The number of halogens is 1. The van der Waals surface area contributed by atoms with E-state index in [2.05, 4.69) is 4.98 Å². The third-order valence-electron chi connectivity index (χ3n) is 4.28. The Labute approximate surface area is 157 Å². The highest BCUT2D eigenvalue weighted by Gasteiger charge is 2.30. The summed E-state index contributed by atoms with van der Waals surface area (Å²) in [5.74, 6) is -0.907. The van der Waals surface area contributed by atoms with Gasteiger partial charge in [-0.3, -0.25) is 9.59 Å². The normalized spacial score (nSPS) is 13.7. The average Bonchev–Trinajstić information content (AvgIpc) is 3.14. The average molecular weight is 388 g/mol. The van der Waals surface area contributed by atoms with Crippen molar-refractivity contribution >= 4 is 28.8 Å². The standard InChI is InChI=1S/C18H14ClN3O3S/c19-12-3-1-2-11(8-12)9-22-6-5-21-10-13(17-20-4-7-26-17)15(23)16(24)14(21)18(22)25/h1-4,7-8,10,24H,5-6,9H2. The first-order valence-corrected chi connectivity index (χ1v) is 9.20. The van der Waals surface area contributed by atoms with Gasteiger partial charge < -0.3 is 14.6 Å². The zero-order valence-electron chi connectivity index (χ0n) is 13.6. The van der Waals surface area contributed by atoms with Gasteiger partial charge in [-0.1, -0.05) is 23.7 Å². The lowest BCUT2D eigenvalue weighted by atomic mass is 10.1. The molecule has 2 aromatic heterocycles. The second kappa shape index (κ2) is 6.59. The van der Waals surface area contributed by atoms with Gasteiger partial charge in [0, 0.05) is 42.4 Å². The van der Waals surface area contributed by atoms with Crippen LogP contribution >= 0.6 is 22.9 Å². The molecule has 0 radical (unpaired) electrons. The summed E-state index contributed by atoms with van der Waals surface area (Å²) in [6.07, 6.45) is 3.20. The molecule has 6 nitrogen and oxygen atoms in total. The summed E-state index contributed by atoms with van der Waals surface area (Å²) in [5.41, 5.74) is 0.630. The number of hydrogen-bond donors (Lipinski definition) is 1. The Balaban J connectivity index is 1.71. The van der Waals surface area contributed by atoms with Crippen LogP contribution in [0.2, 0.25) is 5.02 Å². The lowest BCUT2D eigenvalue weighted by Crippen LogP contribution is -2.41. The summed E-state index contributed by atoms with van der Waals surface area (Å²) in [6, 6.07) is 7.26. The second-order valence-corrected chi connectivity index (χ2v) is 7.29. The van der Waals surface area contributed by atoms with Gasteiger partial charge in [0.05, 0.1) is 5.56 Å². The molecular weight excluding hydrogens is 374 g/mol. The summed E-state index contributed by atoms with van der Waals surface area (Å²) >= 11 is 7.31. The van der Waals surface area contributed by atoms with Crippen molar-refractivity contribution < 1.29 is 9.90 Å². The van der Waals surface area contributed by atoms with E-state index in [0.29, 0.717) is 35.2 Å². The first-order chi connectivity index (χ1) is 12.5. The zero-order valence-corrected chi connectivity index (χ0v) is 15.1. The molecule has 0 spiro atoms. The molecule has 0 bridgehead atoms. The van der Waals surface area contributed by atoms with Crippen LogP contribution in [0.25, 0.3) is 10.6 Å². The Kier molecular flexibility index (Phi) is 4.26. The fourth-order valence-corrected chi connectivity index (χ4v) is 3.90. The maximum absolute atomic E-state index is 12.8. The molecule has 0 unspecified atom stereocenters. The molecule has 0 aliphatic carbocycles. The van der Waals surface area contributed by atoms with Crippen LogP contribution in [-0.4, -0.2) is 32.0 Å². The van der Waals surface area contributed by atoms with E-state index in [1.54, 1.807) is 39.4 Å². The largest absolute Gasteiger partial charge is 0.503 e. The van der Waals surface area contributed by atoms with Gasteiger partial charge in [-0.05, 0) is 17.7 Å². The topological polar surface area (TPSA) is 75.4 Å². The number of benzene rings is 1. The van der Waals surface area contributed by atoms with Crippen molar-refractivity contribution in [2.75, 3.05) is 6.54 Å². The van der Waals surface area contributed by atoms with E-state index in [9.17, 15) is 14.7 Å². The summed E-state index contributed by atoms with van der Waals surface area (Å²) in [5, 5.41) is 13.3. The number of carbonyl (C=O) groups is 1. The zero-order chi connectivity index (χ0) is 18.3. The maximum Gasteiger partial charge on any atom is 0.274 e. The van der Waals surface area contributed by atoms with Gasteiger partial charge in [0.25, 0.3) is 5.91 Å². The van der Waals surface area contributed by atoms with Crippen molar-refractivity contribution in [3.05, 3.63) is 68.5 Å². The van der Waals surface area contributed by atoms with Crippen molar-refractivity contribution in [1.29, 1.82) is 0 Å². The number of carbonyl (C=O) groups excluding carboxylic acids is 1. The summed E-state index contributed by atoms with van der Waals surface area (Å²) in [6.45, 7) is 1.31. The summed E-state index contributed by atoms with van der Waals surface area (Å²) < 4.78 is 1.63. The van der Waals surface area contributed by atoms with Crippen LogP contribution < -0.4 is 5.43 Å². The number of rotatable bonds is 3. The quantitative estimate of drug-likeness (QED) is 0.749. The van der Waals surface area contributed by atoms with Gasteiger partial charge >= 0.3 is 0 Å². The second-order valence-electron chi connectivity index (χ2n) is 5.96. The molecule has 0 saturated carbocycles. The van der Waals surface area contributed by atoms with Gasteiger partial charge in [0.1, 0.15) is 5.01 Å². The molecule has 1 amide bonds. The number of nitrogens with zero attached hydrogens (tertiary/aromatic N) is 3. The van der Waals surface area contributed by atoms with Gasteiger partial charge in [-0.2, -0.15) is 0 Å². The molecule has 1 aliphatic heterocycles. The summed E-state index contributed by atoms with van der Waals surface area (Å²) in [4.78, 5) is 31.1. The van der Waals surface area contributed by atoms with Crippen LogP contribution in [0.5, 0.6) is 5.75 Å². The summed E-state index contributed by atoms with van der Waals surface area (Å²) in [7, 11) is 0. The Morgan fingerprint density at radius 2 is 2.12 bits per heavy atom. The Morgan fingerprint density at radius 3 is 2.85 bits per heavy atom. The monoisotopic (exact) mass is 387 g/mol. The highest BCUT2D eigenvalue weighted by atomic mass is 35.5. The first kappa shape index (κ1) is 16.8. The van der Waals surface area contributed by atoms with Crippen LogP contribution in [-0.2, 0) is 13.1 Å². The van der Waals surface area contributed by atoms with Crippen LogP contribution in [0.4, 0.5) is 0 Å². The van der Waals surface area contributed by atoms with Crippen LogP contribution in [0.1, 0.15) is 16.1 Å². The van der Waals surface area contributed by atoms with E-state index < -0.39 is 11.2 Å². The van der Waals surface area contributed by atoms with Gasteiger partial charge in [-0.15, -0.1) is 11.3 Å². The number of aromatic nitrogens is 2. The van der Waals surface area contributed by atoms with E-state index in [1.807, 2.05) is 12.1 Å². The minimum Gasteiger partial charge on any atom is -0.503 e. The molecule has 26 heavy (non-hydrogen) atoms. The molecule has 0 atom stereocenters. The smallest absolute Gasteiger partial charge is 0.274 e. The molecule has 132 valence electrons. The van der Waals surface area contributed by atoms with Crippen LogP contribution in [0.3, 0.4) is 0 Å².